The molecule has 0 aliphatic heterocycles. The van der Waals surface area contributed by atoms with E-state index in [0.717, 1.165) is 5.56 Å². The third kappa shape index (κ3) is 4.57. The second-order valence-electron chi connectivity index (χ2n) is 5.39. The molecule has 25 heavy (non-hydrogen) atoms. The average Bonchev–Trinajstić information content (AvgIpc) is 2.62. The molecule has 126 valence electrons. The maximum absolute atomic E-state index is 12.9. The zero-order valence-corrected chi connectivity index (χ0v) is 13.5. The highest BCUT2D eigenvalue weighted by molar-refractivity contribution is 6.03. The van der Waals surface area contributed by atoms with Crippen LogP contribution in [0.4, 0.5) is 16.0 Å². The van der Waals surface area contributed by atoms with Crippen LogP contribution in [-0.2, 0) is 6.54 Å². The Morgan fingerprint density at radius 3 is 2.52 bits per heavy atom. The van der Waals surface area contributed by atoms with Crippen molar-refractivity contribution in [2.45, 2.75) is 13.5 Å². The molecule has 2 N–H and O–H groups in total. The second-order valence-corrected chi connectivity index (χ2v) is 5.39. The van der Waals surface area contributed by atoms with Crippen molar-refractivity contribution in [3.63, 3.8) is 0 Å². The fraction of sp³-hybridized carbons (Fsp3) is 0.111. The highest BCUT2D eigenvalue weighted by Crippen LogP contribution is 2.12. The van der Waals surface area contributed by atoms with Crippen LogP contribution >= 0.6 is 0 Å². The number of hydrogen-bond acceptors (Lipinski definition) is 5. The molecule has 2 aromatic heterocycles. The van der Waals surface area contributed by atoms with Gasteiger partial charge in [-0.3, -0.25) is 9.78 Å². The molecule has 2 heterocycles. The lowest BCUT2D eigenvalue weighted by Gasteiger charge is -2.09. The van der Waals surface area contributed by atoms with E-state index in [0.29, 0.717) is 23.9 Å². The normalized spacial score (nSPS) is 10.3. The Balaban J connectivity index is 1.72. The quantitative estimate of drug-likeness (QED) is 0.747. The lowest BCUT2D eigenvalue weighted by atomic mass is 10.2. The molecule has 0 unspecified atom stereocenters. The van der Waals surface area contributed by atoms with Crippen molar-refractivity contribution < 1.29 is 9.18 Å². The van der Waals surface area contributed by atoms with Crippen molar-refractivity contribution in [3.8, 4) is 0 Å². The van der Waals surface area contributed by atoms with E-state index >= 15 is 0 Å². The van der Waals surface area contributed by atoms with Crippen LogP contribution in [0.3, 0.4) is 0 Å². The standard InChI is InChI=1S/C18H16FN5O/c1-12-10-16(17(25)23-15-4-2-14(19)3-5-15)24-18(22-12)21-11-13-6-8-20-9-7-13/h2-10H,11H2,1H3,(H,23,25)(H,21,22,24). The number of halogens is 1. The number of nitrogens with zero attached hydrogens (tertiary/aromatic N) is 3. The Morgan fingerprint density at radius 1 is 1.08 bits per heavy atom. The third-order valence-corrected chi connectivity index (χ3v) is 3.39. The van der Waals surface area contributed by atoms with Gasteiger partial charge in [-0.2, -0.15) is 0 Å². The summed E-state index contributed by atoms with van der Waals surface area (Å²) in [5.41, 5.74) is 2.41. The lowest BCUT2D eigenvalue weighted by Crippen LogP contribution is -2.16. The number of anilines is 2. The molecular weight excluding hydrogens is 321 g/mol. The van der Waals surface area contributed by atoms with Crippen molar-refractivity contribution in [1.29, 1.82) is 0 Å². The van der Waals surface area contributed by atoms with Gasteiger partial charge in [0.1, 0.15) is 11.5 Å². The number of amides is 1. The van der Waals surface area contributed by atoms with Gasteiger partial charge in [0.15, 0.2) is 0 Å². The summed E-state index contributed by atoms with van der Waals surface area (Å²) in [6, 6.07) is 10.9. The molecule has 0 atom stereocenters. The van der Waals surface area contributed by atoms with Gasteiger partial charge < -0.3 is 10.6 Å². The molecule has 0 aliphatic rings. The van der Waals surface area contributed by atoms with E-state index < -0.39 is 0 Å². The molecule has 0 spiro atoms. The summed E-state index contributed by atoms with van der Waals surface area (Å²) >= 11 is 0. The van der Waals surface area contributed by atoms with Crippen LogP contribution in [-0.4, -0.2) is 20.9 Å². The molecule has 7 heteroatoms. The van der Waals surface area contributed by atoms with Crippen molar-refractivity contribution in [3.05, 3.63) is 77.6 Å². The van der Waals surface area contributed by atoms with Crippen LogP contribution in [0.25, 0.3) is 0 Å². The summed E-state index contributed by atoms with van der Waals surface area (Å²) in [5, 5.41) is 5.77. The van der Waals surface area contributed by atoms with E-state index in [9.17, 15) is 9.18 Å². The monoisotopic (exact) mass is 337 g/mol. The Labute approximate surface area is 144 Å². The average molecular weight is 337 g/mol. The minimum absolute atomic E-state index is 0.231. The van der Waals surface area contributed by atoms with Gasteiger partial charge in [0, 0.05) is 30.3 Å². The molecule has 1 aromatic carbocycles. The number of benzene rings is 1. The van der Waals surface area contributed by atoms with E-state index in [-0.39, 0.29) is 17.4 Å². The topological polar surface area (TPSA) is 79.8 Å². The van der Waals surface area contributed by atoms with E-state index in [2.05, 4.69) is 25.6 Å². The number of aromatic nitrogens is 3. The van der Waals surface area contributed by atoms with E-state index in [1.54, 1.807) is 25.4 Å². The van der Waals surface area contributed by atoms with Crippen LogP contribution in [0.1, 0.15) is 21.7 Å². The lowest BCUT2D eigenvalue weighted by molar-refractivity contribution is 0.102. The van der Waals surface area contributed by atoms with Crippen LogP contribution in [0, 0.1) is 12.7 Å². The molecule has 0 fully saturated rings. The molecule has 0 aliphatic carbocycles. The van der Waals surface area contributed by atoms with Crippen LogP contribution < -0.4 is 10.6 Å². The Morgan fingerprint density at radius 2 is 1.80 bits per heavy atom. The largest absolute Gasteiger partial charge is 0.350 e. The molecular formula is C18H16FN5O. The van der Waals surface area contributed by atoms with Gasteiger partial charge in [0.05, 0.1) is 0 Å². The predicted molar refractivity (Wildman–Crippen MR) is 92.7 cm³/mol. The summed E-state index contributed by atoms with van der Waals surface area (Å²) in [6.07, 6.45) is 3.41. The van der Waals surface area contributed by atoms with Crippen molar-refractivity contribution in [1.82, 2.24) is 15.0 Å². The minimum Gasteiger partial charge on any atom is -0.350 e. The van der Waals surface area contributed by atoms with Crippen LogP contribution in [0.2, 0.25) is 0 Å². The van der Waals surface area contributed by atoms with E-state index in [4.69, 9.17) is 0 Å². The minimum atomic E-state index is -0.385. The van der Waals surface area contributed by atoms with Gasteiger partial charge in [-0.15, -0.1) is 0 Å². The Kier molecular flexibility index (Phi) is 4.94. The summed E-state index contributed by atoms with van der Waals surface area (Å²) in [4.78, 5) is 24.8. The molecule has 0 bridgehead atoms. The maximum atomic E-state index is 12.9. The molecule has 6 nitrogen and oxygen atoms in total. The molecule has 0 radical (unpaired) electrons. The summed E-state index contributed by atoms with van der Waals surface area (Å²) in [6.45, 7) is 2.30. The molecule has 0 saturated heterocycles. The van der Waals surface area contributed by atoms with Crippen LogP contribution in [0.5, 0.6) is 0 Å². The first kappa shape index (κ1) is 16.5. The third-order valence-electron chi connectivity index (χ3n) is 3.39. The van der Waals surface area contributed by atoms with Crippen LogP contribution in [0.15, 0.2) is 54.9 Å². The van der Waals surface area contributed by atoms with Gasteiger partial charge >= 0.3 is 0 Å². The number of carbonyl (C=O) groups is 1. The van der Waals surface area contributed by atoms with Gasteiger partial charge in [-0.1, -0.05) is 0 Å². The first-order valence-corrected chi connectivity index (χ1v) is 7.65. The van der Waals surface area contributed by atoms with Crippen molar-refractivity contribution in [2.75, 3.05) is 10.6 Å². The van der Waals surface area contributed by atoms with Crippen molar-refractivity contribution in [2.24, 2.45) is 0 Å². The number of rotatable bonds is 5. The first-order valence-electron chi connectivity index (χ1n) is 7.65. The van der Waals surface area contributed by atoms with E-state index in [1.807, 2.05) is 12.1 Å². The number of carbonyl (C=O) groups excluding carboxylic acids is 1. The predicted octanol–water partition coefficient (Wildman–Crippen LogP) is 3.18. The van der Waals surface area contributed by atoms with Gasteiger partial charge in [-0.25, -0.2) is 14.4 Å². The first-order chi connectivity index (χ1) is 12.1. The fourth-order valence-electron chi connectivity index (χ4n) is 2.17. The number of pyridine rings is 1. The zero-order valence-electron chi connectivity index (χ0n) is 13.5. The number of hydrogen-bond donors (Lipinski definition) is 2. The van der Waals surface area contributed by atoms with Gasteiger partial charge in [-0.05, 0) is 55.0 Å². The molecule has 3 aromatic rings. The highest BCUT2D eigenvalue weighted by atomic mass is 19.1. The Bertz CT molecular complexity index is 868. The number of nitrogens with one attached hydrogen (secondary N) is 2. The van der Waals surface area contributed by atoms with Crippen molar-refractivity contribution >= 4 is 17.5 Å². The van der Waals surface area contributed by atoms with Gasteiger partial charge in [0.2, 0.25) is 5.95 Å². The molecule has 0 saturated carbocycles. The highest BCUT2D eigenvalue weighted by Gasteiger charge is 2.11. The zero-order chi connectivity index (χ0) is 17.6. The summed E-state index contributed by atoms with van der Waals surface area (Å²) in [5.74, 6) is -0.386. The fourth-order valence-corrected chi connectivity index (χ4v) is 2.17. The SMILES string of the molecule is Cc1cc(C(=O)Nc2ccc(F)cc2)nc(NCc2ccncc2)n1. The van der Waals surface area contributed by atoms with E-state index in [1.165, 1.54) is 24.3 Å². The smallest absolute Gasteiger partial charge is 0.274 e. The summed E-state index contributed by atoms with van der Waals surface area (Å²) in [7, 11) is 0. The van der Waals surface area contributed by atoms with Gasteiger partial charge in [0.25, 0.3) is 5.91 Å². The maximum Gasteiger partial charge on any atom is 0.274 e. The molecule has 3 rings (SSSR count). The number of aryl methyl sites for hydroxylation is 1. The Hall–Kier alpha value is -3.35. The molecule has 1 amide bonds. The summed E-state index contributed by atoms with van der Waals surface area (Å²) < 4.78 is 12.9. The second kappa shape index (κ2) is 7.48.